The summed E-state index contributed by atoms with van der Waals surface area (Å²) in [6, 6.07) is 3.86. The van der Waals surface area contributed by atoms with E-state index in [4.69, 9.17) is 5.73 Å². The Morgan fingerprint density at radius 3 is 2.57 bits per heavy atom. The van der Waals surface area contributed by atoms with Crippen LogP contribution in [-0.2, 0) is 4.79 Å². The smallest absolute Gasteiger partial charge is 0.222 e. The maximum atomic E-state index is 11.5. The largest absolute Gasteiger partial charge is 0.384 e. The van der Waals surface area contributed by atoms with Gasteiger partial charge in [-0.2, -0.15) is 0 Å². The Labute approximate surface area is 126 Å². The molecule has 1 aromatic heterocycles. The molecule has 1 aliphatic rings. The van der Waals surface area contributed by atoms with Crippen molar-refractivity contribution in [3.8, 4) is 0 Å². The molecule has 0 aliphatic carbocycles. The standard InChI is InChI=1S/C15H25N5O/c1-18(2)15(21)4-3-7-19-8-10-20(11-9-19)13-5-6-14(16)17-12-13/h5-6,12H,3-4,7-11H2,1-2H3,(H2,16,17). The van der Waals surface area contributed by atoms with Crippen LogP contribution in [0, 0.1) is 0 Å². The van der Waals surface area contributed by atoms with Gasteiger partial charge in [-0.15, -0.1) is 0 Å². The van der Waals surface area contributed by atoms with E-state index in [9.17, 15) is 4.79 Å². The van der Waals surface area contributed by atoms with E-state index >= 15 is 0 Å². The lowest BCUT2D eigenvalue weighted by Gasteiger charge is -2.36. The van der Waals surface area contributed by atoms with Crippen molar-refractivity contribution in [2.75, 3.05) is 57.5 Å². The SMILES string of the molecule is CN(C)C(=O)CCCN1CCN(c2ccc(N)nc2)CC1. The molecule has 1 fully saturated rings. The van der Waals surface area contributed by atoms with Crippen molar-refractivity contribution in [3.05, 3.63) is 18.3 Å². The van der Waals surface area contributed by atoms with Crippen LogP contribution in [0.15, 0.2) is 18.3 Å². The van der Waals surface area contributed by atoms with Gasteiger partial charge in [0.25, 0.3) is 0 Å². The van der Waals surface area contributed by atoms with Gasteiger partial charge in [0.1, 0.15) is 5.82 Å². The number of anilines is 2. The van der Waals surface area contributed by atoms with Crippen LogP contribution in [0.5, 0.6) is 0 Å². The van der Waals surface area contributed by atoms with E-state index in [1.165, 1.54) is 0 Å². The van der Waals surface area contributed by atoms with E-state index in [0.29, 0.717) is 12.2 Å². The van der Waals surface area contributed by atoms with Crippen LogP contribution in [-0.4, -0.2) is 67.5 Å². The number of piperazine rings is 1. The number of nitrogens with zero attached hydrogens (tertiary/aromatic N) is 4. The number of amides is 1. The number of rotatable bonds is 5. The van der Waals surface area contributed by atoms with E-state index in [1.54, 1.807) is 4.90 Å². The molecular weight excluding hydrogens is 266 g/mol. The van der Waals surface area contributed by atoms with Crippen molar-refractivity contribution >= 4 is 17.4 Å². The first-order valence-electron chi connectivity index (χ1n) is 7.45. The van der Waals surface area contributed by atoms with Crippen LogP contribution in [0.2, 0.25) is 0 Å². The molecule has 0 radical (unpaired) electrons. The molecular formula is C15H25N5O. The van der Waals surface area contributed by atoms with Crippen molar-refractivity contribution in [1.29, 1.82) is 0 Å². The first-order chi connectivity index (χ1) is 10.1. The quantitative estimate of drug-likeness (QED) is 0.863. The van der Waals surface area contributed by atoms with Crippen LogP contribution in [0.3, 0.4) is 0 Å². The number of carbonyl (C=O) groups excluding carboxylic acids is 1. The minimum absolute atomic E-state index is 0.210. The van der Waals surface area contributed by atoms with Gasteiger partial charge in [0, 0.05) is 46.7 Å². The molecule has 1 aromatic rings. The van der Waals surface area contributed by atoms with Gasteiger partial charge in [-0.3, -0.25) is 9.69 Å². The Morgan fingerprint density at radius 2 is 2.00 bits per heavy atom. The second-order valence-electron chi connectivity index (χ2n) is 5.66. The molecule has 6 heteroatoms. The first-order valence-corrected chi connectivity index (χ1v) is 7.45. The van der Waals surface area contributed by atoms with Crippen LogP contribution in [0.25, 0.3) is 0 Å². The van der Waals surface area contributed by atoms with Crippen molar-refractivity contribution in [2.24, 2.45) is 0 Å². The second kappa shape index (κ2) is 7.26. The number of pyridine rings is 1. The lowest BCUT2D eigenvalue weighted by atomic mass is 10.2. The number of nitrogens with two attached hydrogens (primary N) is 1. The molecule has 0 unspecified atom stereocenters. The van der Waals surface area contributed by atoms with Crippen LogP contribution < -0.4 is 10.6 Å². The van der Waals surface area contributed by atoms with Crippen molar-refractivity contribution in [3.63, 3.8) is 0 Å². The highest BCUT2D eigenvalue weighted by molar-refractivity contribution is 5.75. The molecule has 1 saturated heterocycles. The Morgan fingerprint density at radius 1 is 1.29 bits per heavy atom. The summed E-state index contributed by atoms with van der Waals surface area (Å²) in [4.78, 5) is 22.1. The van der Waals surface area contributed by atoms with Gasteiger partial charge in [-0.1, -0.05) is 0 Å². The predicted molar refractivity (Wildman–Crippen MR) is 85.2 cm³/mol. The second-order valence-corrected chi connectivity index (χ2v) is 5.66. The summed E-state index contributed by atoms with van der Waals surface area (Å²) < 4.78 is 0. The van der Waals surface area contributed by atoms with Gasteiger partial charge < -0.3 is 15.5 Å². The number of nitrogen functional groups attached to an aromatic ring is 1. The Balaban J connectivity index is 1.71. The Hall–Kier alpha value is -1.82. The summed E-state index contributed by atoms with van der Waals surface area (Å²) in [6.45, 7) is 5.04. The topological polar surface area (TPSA) is 65.7 Å². The number of hydrogen-bond donors (Lipinski definition) is 1. The fraction of sp³-hybridized carbons (Fsp3) is 0.600. The van der Waals surface area contributed by atoms with Gasteiger partial charge in [0.2, 0.25) is 5.91 Å². The van der Waals surface area contributed by atoms with Crippen LogP contribution in [0.1, 0.15) is 12.8 Å². The minimum Gasteiger partial charge on any atom is -0.384 e. The summed E-state index contributed by atoms with van der Waals surface area (Å²) in [5, 5.41) is 0. The molecule has 0 saturated carbocycles. The molecule has 0 atom stereocenters. The zero-order chi connectivity index (χ0) is 15.2. The molecule has 21 heavy (non-hydrogen) atoms. The van der Waals surface area contributed by atoms with E-state index in [1.807, 2.05) is 32.4 Å². The van der Waals surface area contributed by atoms with Crippen molar-refractivity contribution in [1.82, 2.24) is 14.8 Å². The van der Waals surface area contributed by atoms with Crippen molar-refractivity contribution < 1.29 is 4.79 Å². The molecule has 1 amide bonds. The third-order valence-corrected chi connectivity index (χ3v) is 3.87. The normalized spacial score (nSPS) is 16.0. The zero-order valence-electron chi connectivity index (χ0n) is 13.0. The van der Waals surface area contributed by atoms with E-state index in [0.717, 1.165) is 44.8 Å². The van der Waals surface area contributed by atoms with E-state index in [-0.39, 0.29) is 5.91 Å². The monoisotopic (exact) mass is 291 g/mol. The molecule has 0 bridgehead atoms. The van der Waals surface area contributed by atoms with E-state index < -0.39 is 0 Å². The number of aromatic nitrogens is 1. The highest BCUT2D eigenvalue weighted by Gasteiger charge is 2.17. The van der Waals surface area contributed by atoms with Crippen LogP contribution in [0.4, 0.5) is 11.5 Å². The third kappa shape index (κ3) is 4.60. The molecule has 1 aliphatic heterocycles. The third-order valence-electron chi connectivity index (χ3n) is 3.87. The summed E-state index contributed by atoms with van der Waals surface area (Å²) in [6.07, 6.45) is 3.40. The lowest BCUT2D eigenvalue weighted by molar-refractivity contribution is -0.128. The predicted octanol–water partition coefficient (Wildman–Crippen LogP) is 0.654. The molecule has 0 spiro atoms. The first kappa shape index (κ1) is 15.6. The minimum atomic E-state index is 0.210. The summed E-state index contributed by atoms with van der Waals surface area (Å²) in [5.41, 5.74) is 6.74. The average molecular weight is 291 g/mol. The number of carbonyl (C=O) groups is 1. The van der Waals surface area contributed by atoms with Gasteiger partial charge >= 0.3 is 0 Å². The van der Waals surface area contributed by atoms with Gasteiger partial charge in [-0.05, 0) is 25.1 Å². The lowest BCUT2D eigenvalue weighted by Crippen LogP contribution is -2.46. The molecule has 116 valence electrons. The molecule has 2 N–H and O–H groups in total. The van der Waals surface area contributed by atoms with Crippen molar-refractivity contribution in [2.45, 2.75) is 12.8 Å². The van der Waals surface area contributed by atoms with Gasteiger partial charge in [-0.25, -0.2) is 4.98 Å². The highest BCUT2D eigenvalue weighted by atomic mass is 16.2. The fourth-order valence-corrected chi connectivity index (χ4v) is 2.49. The summed E-state index contributed by atoms with van der Waals surface area (Å²) >= 11 is 0. The Bertz CT molecular complexity index is 452. The molecule has 2 heterocycles. The fourth-order valence-electron chi connectivity index (χ4n) is 2.49. The maximum Gasteiger partial charge on any atom is 0.222 e. The van der Waals surface area contributed by atoms with Crippen LogP contribution >= 0.6 is 0 Å². The molecule has 2 rings (SSSR count). The van der Waals surface area contributed by atoms with E-state index in [2.05, 4.69) is 14.8 Å². The van der Waals surface area contributed by atoms with Gasteiger partial charge in [0.15, 0.2) is 0 Å². The zero-order valence-corrected chi connectivity index (χ0v) is 13.0. The molecule has 0 aromatic carbocycles. The number of hydrogen-bond acceptors (Lipinski definition) is 5. The summed E-state index contributed by atoms with van der Waals surface area (Å²) in [7, 11) is 3.61. The Kier molecular flexibility index (Phi) is 5.38. The van der Waals surface area contributed by atoms with Gasteiger partial charge in [0.05, 0.1) is 11.9 Å². The highest BCUT2D eigenvalue weighted by Crippen LogP contribution is 2.16. The summed E-state index contributed by atoms with van der Waals surface area (Å²) in [5.74, 6) is 0.768. The maximum absolute atomic E-state index is 11.5. The average Bonchev–Trinajstić information content (AvgIpc) is 2.48. The molecule has 6 nitrogen and oxygen atoms in total.